The molecule has 22 nitrogen and oxygen atoms in total. The van der Waals surface area contributed by atoms with Crippen LogP contribution in [0.5, 0.6) is 0 Å². The Morgan fingerprint density at radius 3 is 2.19 bits per heavy atom. The van der Waals surface area contributed by atoms with E-state index in [-0.39, 0.29) is 49.1 Å². The number of hydroxylamine groups is 2. The monoisotopic (exact) mass is 1000 g/mol. The van der Waals surface area contributed by atoms with E-state index in [2.05, 4.69) is 36.6 Å². The number of carbonyl (C=O) groups excluding carboxylic acids is 8. The van der Waals surface area contributed by atoms with Crippen molar-refractivity contribution in [3.05, 3.63) is 54.1 Å². The topological polar surface area (TPSA) is 322 Å². The number of benzene rings is 1. The molecule has 8 N–H and O–H groups in total. The van der Waals surface area contributed by atoms with Crippen LogP contribution in [0.15, 0.2) is 42.9 Å². The lowest BCUT2D eigenvalue weighted by atomic mass is 9.83. The minimum Gasteiger partial charge on any atom is -0.444 e. The van der Waals surface area contributed by atoms with Crippen LogP contribution >= 0.6 is 0 Å². The minimum atomic E-state index is -4.86. The van der Waals surface area contributed by atoms with Gasteiger partial charge in [-0.1, -0.05) is 89.1 Å². The van der Waals surface area contributed by atoms with Crippen molar-refractivity contribution in [2.24, 2.45) is 11.8 Å². The Morgan fingerprint density at radius 2 is 1.57 bits per heavy atom. The van der Waals surface area contributed by atoms with Crippen molar-refractivity contribution in [2.75, 3.05) is 6.54 Å². The van der Waals surface area contributed by atoms with E-state index in [1.807, 2.05) is 13.0 Å². The zero-order valence-corrected chi connectivity index (χ0v) is 41.4. The van der Waals surface area contributed by atoms with Crippen LogP contribution < -0.4 is 26.6 Å². The first-order valence-electron chi connectivity index (χ1n) is 23.9. The van der Waals surface area contributed by atoms with Gasteiger partial charge in [0.05, 0.1) is 31.3 Å². The summed E-state index contributed by atoms with van der Waals surface area (Å²) in [6.07, 6.45) is 5.81. The fourth-order valence-corrected chi connectivity index (χ4v) is 8.91. The van der Waals surface area contributed by atoms with E-state index in [4.69, 9.17) is 14.1 Å². The van der Waals surface area contributed by atoms with Crippen LogP contribution in [0.2, 0.25) is 0 Å². The Balaban J connectivity index is 1.38. The van der Waals surface area contributed by atoms with Crippen LogP contribution in [-0.2, 0) is 66.1 Å². The number of hydrogen-bond donors (Lipinski definition) is 8. The molecule has 2 heterocycles. The molecule has 388 valence electrons. The molecule has 1 aliphatic heterocycles. The first-order valence-corrected chi connectivity index (χ1v) is 25.4. The largest absolute Gasteiger partial charge is 0.444 e. The zero-order chi connectivity index (χ0) is 51.6. The maximum absolute atomic E-state index is 14.4. The molecule has 70 heavy (non-hydrogen) atoms. The number of aromatic amines is 1. The predicted octanol–water partition coefficient (Wildman–Crippen LogP) is 2.46. The van der Waals surface area contributed by atoms with Gasteiger partial charge in [-0.05, 0) is 57.4 Å². The third-order valence-corrected chi connectivity index (χ3v) is 13.3. The molecule has 7 atom stereocenters. The number of aromatic nitrogens is 2. The van der Waals surface area contributed by atoms with Gasteiger partial charge >= 0.3 is 12.1 Å². The molecule has 0 radical (unpaired) electrons. The van der Waals surface area contributed by atoms with E-state index < -0.39 is 112 Å². The van der Waals surface area contributed by atoms with Crippen LogP contribution in [0.25, 0.3) is 0 Å². The van der Waals surface area contributed by atoms with Crippen molar-refractivity contribution in [1.82, 2.24) is 41.6 Å². The SMILES string of the molecule is CCC(C)[C@H](NC(=O)C[C@H](O)[C@H](CC1CCCCC1)NC(=O)[C@H](Cc1cnc[nH]1)NC(=O)[C@H](Cc1ccccc1)NC(=O)OC(C)(C)C)C(=O)NCCCCCC(=O)ON1C(=O)CC(S(=O)(=O)O)C1=O. The molecule has 4 rings (SSSR count). The fourth-order valence-electron chi connectivity index (χ4n) is 8.20. The maximum atomic E-state index is 14.4. The summed E-state index contributed by atoms with van der Waals surface area (Å²) in [5, 5.41) is 23.7. The van der Waals surface area contributed by atoms with Crippen molar-refractivity contribution in [3.8, 4) is 0 Å². The molecule has 7 amide bonds. The van der Waals surface area contributed by atoms with Crippen LogP contribution in [0.4, 0.5) is 4.79 Å². The highest BCUT2D eigenvalue weighted by molar-refractivity contribution is 7.87. The van der Waals surface area contributed by atoms with Crippen LogP contribution in [-0.4, -0.2) is 128 Å². The van der Waals surface area contributed by atoms with Gasteiger partial charge < -0.3 is 46.2 Å². The molecule has 2 unspecified atom stereocenters. The van der Waals surface area contributed by atoms with E-state index in [9.17, 15) is 51.9 Å². The zero-order valence-electron chi connectivity index (χ0n) is 40.6. The summed E-state index contributed by atoms with van der Waals surface area (Å²) >= 11 is 0. The highest BCUT2D eigenvalue weighted by Crippen LogP contribution is 2.29. The number of nitrogens with one attached hydrogen (secondary N) is 6. The molecular weight excluding hydrogens is 933 g/mol. The van der Waals surface area contributed by atoms with Gasteiger partial charge in [0.25, 0.3) is 21.9 Å². The summed E-state index contributed by atoms with van der Waals surface area (Å²) in [4.78, 5) is 117. The number of hydrogen-bond acceptors (Lipinski definition) is 14. The average molecular weight is 1000 g/mol. The van der Waals surface area contributed by atoms with Gasteiger partial charge in [0.2, 0.25) is 23.6 Å². The standard InChI is InChI=1S/C47H70N8O14S/c1-6-29(2)41(44(62)49-21-15-9-14-20-40(59)69-55-39(58)26-37(45(55)63)70(65,66)67)54-38(57)25-36(56)33(22-30-16-10-7-11-17-30)51-43(61)35(24-32-27-48-28-50-32)52-42(60)34(23-31-18-12-8-13-19-31)53-46(64)68-47(3,4)5/h8,12-13,18-19,27-30,33-37,41,56H,6-7,9-11,14-17,20-26H2,1-5H3,(H,48,50)(H,49,62)(H,51,61)(H,52,60)(H,53,64)(H,54,57)(H,65,66,67)/t29?,33-,34-,35-,36-,37?,41-/m0/s1. The third-order valence-electron chi connectivity index (χ3n) is 12.2. The predicted molar refractivity (Wildman–Crippen MR) is 252 cm³/mol. The Bertz CT molecular complexity index is 2200. The molecular formula is C47H70N8O14S. The van der Waals surface area contributed by atoms with Gasteiger partial charge in [0, 0.05) is 37.7 Å². The lowest BCUT2D eigenvalue weighted by Gasteiger charge is -2.32. The van der Waals surface area contributed by atoms with Crippen molar-refractivity contribution in [3.63, 3.8) is 0 Å². The van der Waals surface area contributed by atoms with E-state index in [1.54, 1.807) is 52.0 Å². The number of carbonyl (C=O) groups is 8. The number of amides is 7. The minimum absolute atomic E-state index is 0.0293. The molecule has 23 heteroatoms. The first-order chi connectivity index (χ1) is 33.0. The van der Waals surface area contributed by atoms with Gasteiger partial charge in [-0.15, -0.1) is 5.06 Å². The summed E-state index contributed by atoms with van der Waals surface area (Å²) in [7, 11) is -4.86. The van der Waals surface area contributed by atoms with Gasteiger partial charge in [-0.3, -0.25) is 33.3 Å². The molecule has 2 fully saturated rings. The van der Waals surface area contributed by atoms with Gasteiger partial charge in [-0.25, -0.2) is 14.6 Å². The van der Waals surface area contributed by atoms with Crippen molar-refractivity contribution < 1.29 is 66.0 Å². The van der Waals surface area contributed by atoms with Gasteiger partial charge in [0.15, 0.2) is 5.25 Å². The van der Waals surface area contributed by atoms with Crippen LogP contribution in [0, 0.1) is 11.8 Å². The number of H-pyrrole nitrogens is 1. The highest BCUT2D eigenvalue weighted by atomic mass is 32.2. The lowest BCUT2D eigenvalue weighted by molar-refractivity contribution is -0.197. The fraction of sp³-hybridized carbons (Fsp3) is 0.638. The summed E-state index contributed by atoms with van der Waals surface area (Å²) in [6, 6.07) is 4.74. The molecule has 1 saturated heterocycles. The summed E-state index contributed by atoms with van der Waals surface area (Å²) in [5.41, 5.74) is 0.414. The summed E-state index contributed by atoms with van der Waals surface area (Å²) in [5.74, 6) is -6.02. The molecule has 1 saturated carbocycles. The number of alkyl carbamates (subject to hydrolysis) is 1. The number of ether oxygens (including phenoxy) is 1. The number of aliphatic hydroxyl groups is 1. The number of rotatable bonds is 26. The smallest absolute Gasteiger partial charge is 0.408 e. The average Bonchev–Trinajstić information content (AvgIpc) is 3.92. The van der Waals surface area contributed by atoms with Crippen molar-refractivity contribution in [2.45, 2.75) is 172 Å². The van der Waals surface area contributed by atoms with Gasteiger partial charge in [-0.2, -0.15) is 8.42 Å². The number of aliphatic hydroxyl groups excluding tert-OH is 1. The molecule has 2 aromatic rings. The summed E-state index contributed by atoms with van der Waals surface area (Å²) in [6.45, 7) is 8.88. The Labute approximate surface area is 408 Å². The molecule has 2 aliphatic rings. The number of imide groups is 1. The van der Waals surface area contributed by atoms with Crippen LogP contribution in [0.1, 0.15) is 129 Å². The number of nitrogens with zero attached hydrogens (tertiary/aromatic N) is 2. The first kappa shape index (κ1) is 56.6. The van der Waals surface area contributed by atoms with Crippen molar-refractivity contribution >= 4 is 57.6 Å². The van der Waals surface area contributed by atoms with E-state index in [1.165, 1.54) is 12.5 Å². The Kier molecular flexibility index (Phi) is 21.7. The third kappa shape index (κ3) is 18.8. The second-order valence-electron chi connectivity index (χ2n) is 19.1. The molecule has 0 bridgehead atoms. The molecule has 0 spiro atoms. The van der Waals surface area contributed by atoms with E-state index in [0.717, 1.165) is 37.7 Å². The number of unbranched alkanes of at least 4 members (excludes halogenated alkanes) is 2. The lowest BCUT2D eigenvalue weighted by Crippen LogP contribution is -2.58. The quantitative estimate of drug-likeness (QED) is 0.0381. The Hall–Kier alpha value is -5.94. The van der Waals surface area contributed by atoms with Crippen molar-refractivity contribution in [1.29, 1.82) is 0 Å². The maximum Gasteiger partial charge on any atom is 0.408 e. The second-order valence-corrected chi connectivity index (χ2v) is 20.7. The molecule has 1 aromatic heterocycles. The Morgan fingerprint density at radius 1 is 0.900 bits per heavy atom. The van der Waals surface area contributed by atoms with Crippen LogP contribution in [0.3, 0.4) is 0 Å². The van der Waals surface area contributed by atoms with Gasteiger partial charge in [0.1, 0.15) is 23.7 Å². The molecule has 1 aliphatic carbocycles. The normalized spacial score (nSPS) is 18.1. The van der Waals surface area contributed by atoms with E-state index >= 15 is 0 Å². The molecule has 1 aromatic carbocycles. The second kappa shape index (κ2) is 26.9. The summed E-state index contributed by atoms with van der Waals surface area (Å²) < 4.78 is 37.3. The highest BCUT2D eigenvalue weighted by Gasteiger charge is 2.48. The van der Waals surface area contributed by atoms with E-state index in [0.29, 0.717) is 31.4 Å². The number of imidazole rings is 1.